The van der Waals surface area contributed by atoms with Crippen LogP contribution in [0.15, 0.2) is 12.3 Å². The molecule has 1 aromatic rings. The molecule has 2 rings (SSSR count). The SMILES string of the molecule is Cc1nccc(C(=O)N2CC[C@](C)(C(=O)O)C2)n1. The monoisotopic (exact) mass is 249 g/mol. The van der Waals surface area contributed by atoms with Gasteiger partial charge < -0.3 is 10.0 Å². The van der Waals surface area contributed by atoms with Crippen LogP contribution in [0.1, 0.15) is 29.7 Å². The molecule has 6 heteroatoms. The second-order valence-electron chi connectivity index (χ2n) is 4.83. The first kappa shape index (κ1) is 12.5. The lowest BCUT2D eigenvalue weighted by molar-refractivity contribution is -0.147. The minimum Gasteiger partial charge on any atom is -0.481 e. The molecule has 0 aromatic carbocycles. The van der Waals surface area contributed by atoms with Gasteiger partial charge in [-0.1, -0.05) is 0 Å². The Morgan fingerprint density at radius 3 is 2.78 bits per heavy atom. The number of amides is 1. The molecule has 1 aliphatic rings. The summed E-state index contributed by atoms with van der Waals surface area (Å²) in [4.78, 5) is 32.8. The van der Waals surface area contributed by atoms with Crippen LogP contribution < -0.4 is 0 Å². The molecule has 0 aliphatic carbocycles. The number of carbonyl (C=O) groups is 2. The maximum atomic E-state index is 12.2. The van der Waals surface area contributed by atoms with Crippen molar-refractivity contribution in [1.82, 2.24) is 14.9 Å². The van der Waals surface area contributed by atoms with E-state index in [0.717, 1.165) is 0 Å². The van der Waals surface area contributed by atoms with Crippen LogP contribution in [0.25, 0.3) is 0 Å². The van der Waals surface area contributed by atoms with E-state index in [9.17, 15) is 9.59 Å². The predicted octanol–water partition coefficient (Wildman–Crippen LogP) is 0.722. The normalized spacial score (nSPS) is 23.1. The van der Waals surface area contributed by atoms with E-state index in [0.29, 0.717) is 24.5 Å². The third-order valence-corrected chi connectivity index (χ3v) is 3.27. The molecule has 1 N–H and O–H groups in total. The second-order valence-corrected chi connectivity index (χ2v) is 4.83. The Hall–Kier alpha value is -1.98. The highest BCUT2D eigenvalue weighted by atomic mass is 16.4. The summed E-state index contributed by atoms with van der Waals surface area (Å²) in [6, 6.07) is 1.55. The summed E-state index contributed by atoms with van der Waals surface area (Å²) in [6.07, 6.45) is 2.00. The van der Waals surface area contributed by atoms with E-state index >= 15 is 0 Å². The van der Waals surface area contributed by atoms with Gasteiger partial charge in [-0.2, -0.15) is 0 Å². The zero-order chi connectivity index (χ0) is 13.3. The average molecular weight is 249 g/mol. The van der Waals surface area contributed by atoms with Crippen LogP contribution in [0, 0.1) is 12.3 Å². The highest BCUT2D eigenvalue weighted by Crippen LogP contribution is 2.30. The Kier molecular flexibility index (Phi) is 3.02. The van der Waals surface area contributed by atoms with Gasteiger partial charge >= 0.3 is 5.97 Å². The summed E-state index contributed by atoms with van der Waals surface area (Å²) >= 11 is 0. The number of hydrogen-bond donors (Lipinski definition) is 1. The lowest BCUT2D eigenvalue weighted by Gasteiger charge is -2.19. The van der Waals surface area contributed by atoms with Crippen LogP contribution in [0.2, 0.25) is 0 Å². The smallest absolute Gasteiger partial charge is 0.311 e. The number of carbonyl (C=O) groups excluding carboxylic acids is 1. The van der Waals surface area contributed by atoms with Crippen molar-refractivity contribution >= 4 is 11.9 Å². The second kappa shape index (κ2) is 4.36. The summed E-state index contributed by atoms with van der Waals surface area (Å²) < 4.78 is 0. The van der Waals surface area contributed by atoms with Gasteiger partial charge in [0.25, 0.3) is 5.91 Å². The van der Waals surface area contributed by atoms with Gasteiger partial charge in [0.1, 0.15) is 11.5 Å². The van der Waals surface area contributed by atoms with Gasteiger partial charge in [-0.3, -0.25) is 9.59 Å². The summed E-state index contributed by atoms with van der Waals surface area (Å²) in [5, 5.41) is 9.12. The maximum Gasteiger partial charge on any atom is 0.311 e. The van der Waals surface area contributed by atoms with Gasteiger partial charge in [0.05, 0.1) is 5.41 Å². The minimum absolute atomic E-state index is 0.226. The highest BCUT2D eigenvalue weighted by molar-refractivity contribution is 5.93. The fourth-order valence-corrected chi connectivity index (χ4v) is 2.05. The minimum atomic E-state index is -0.864. The van der Waals surface area contributed by atoms with Crippen molar-refractivity contribution in [2.24, 2.45) is 5.41 Å². The number of aryl methyl sites for hydroxylation is 1. The molecule has 96 valence electrons. The fourth-order valence-electron chi connectivity index (χ4n) is 2.05. The Balaban J connectivity index is 2.15. The third kappa shape index (κ3) is 2.18. The topological polar surface area (TPSA) is 83.4 Å². The predicted molar refractivity (Wildman–Crippen MR) is 63.0 cm³/mol. The largest absolute Gasteiger partial charge is 0.481 e. The molecule has 0 bridgehead atoms. The summed E-state index contributed by atoms with van der Waals surface area (Å²) in [5.41, 5.74) is -0.533. The molecule has 1 aromatic heterocycles. The van der Waals surface area contributed by atoms with E-state index < -0.39 is 11.4 Å². The molecule has 6 nitrogen and oxygen atoms in total. The quantitative estimate of drug-likeness (QED) is 0.835. The first-order chi connectivity index (χ1) is 8.42. The molecule has 0 radical (unpaired) electrons. The van der Waals surface area contributed by atoms with Crippen molar-refractivity contribution < 1.29 is 14.7 Å². The Labute approximate surface area is 105 Å². The van der Waals surface area contributed by atoms with Crippen molar-refractivity contribution in [2.45, 2.75) is 20.3 Å². The van der Waals surface area contributed by atoms with Gasteiger partial charge in [0.15, 0.2) is 0 Å². The van der Waals surface area contributed by atoms with Crippen molar-refractivity contribution in [3.8, 4) is 0 Å². The molecule has 18 heavy (non-hydrogen) atoms. The molecule has 0 unspecified atom stereocenters. The zero-order valence-corrected chi connectivity index (χ0v) is 10.4. The fraction of sp³-hybridized carbons (Fsp3) is 0.500. The van der Waals surface area contributed by atoms with Crippen LogP contribution in [0.5, 0.6) is 0 Å². The number of carboxylic acid groups (broad SMARTS) is 1. The van der Waals surface area contributed by atoms with Gasteiger partial charge in [0, 0.05) is 19.3 Å². The van der Waals surface area contributed by atoms with Crippen LogP contribution in [-0.4, -0.2) is 44.9 Å². The number of aromatic nitrogens is 2. The van der Waals surface area contributed by atoms with Crippen LogP contribution in [0.3, 0.4) is 0 Å². The lowest BCUT2D eigenvalue weighted by Crippen LogP contribution is -2.35. The number of nitrogens with zero attached hydrogens (tertiary/aromatic N) is 3. The molecule has 1 fully saturated rings. The van der Waals surface area contributed by atoms with E-state index in [-0.39, 0.29) is 12.5 Å². The number of likely N-dealkylation sites (tertiary alicyclic amines) is 1. The molecule has 1 saturated heterocycles. The molecule has 0 saturated carbocycles. The maximum absolute atomic E-state index is 12.2. The molecule has 0 spiro atoms. The van der Waals surface area contributed by atoms with Crippen LogP contribution in [0.4, 0.5) is 0 Å². The van der Waals surface area contributed by atoms with Crippen LogP contribution in [-0.2, 0) is 4.79 Å². The van der Waals surface area contributed by atoms with E-state index in [4.69, 9.17) is 5.11 Å². The van der Waals surface area contributed by atoms with E-state index in [2.05, 4.69) is 9.97 Å². The average Bonchev–Trinajstić information content (AvgIpc) is 2.72. The zero-order valence-electron chi connectivity index (χ0n) is 10.4. The van der Waals surface area contributed by atoms with Crippen molar-refractivity contribution in [3.05, 3.63) is 23.8 Å². The summed E-state index contributed by atoms with van der Waals surface area (Å²) in [7, 11) is 0. The molecular formula is C12H15N3O3. The third-order valence-electron chi connectivity index (χ3n) is 3.27. The summed E-state index contributed by atoms with van der Waals surface area (Å²) in [5.74, 6) is -0.566. The van der Waals surface area contributed by atoms with Gasteiger partial charge in [-0.25, -0.2) is 9.97 Å². The lowest BCUT2D eigenvalue weighted by atomic mass is 9.90. The summed E-state index contributed by atoms with van der Waals surface area (Å²) in [6.45, 7) is 4.05. The first-order valence-corrected chi connectivity index (χ1v) is 5.75. The van der Waals surface area contributed by atoms with Crippen molar-refractivity contribution in [3.63, 3.8) is 0 Å². The molecule has 1 atom stereocenters. The Bertz CT molecular complexity index is 503. The number of rotatable bonds is 2. The van der Waals surface area contributed by atoms with Gasteiger partial charge in [-0.05, 0) is 26.3 Å². The van der Waals surface area contributed by atoms with E-state index in [1.165, 1.54) is 11.1 Å². The molecular weight excluding hydrogens is 234 g/mol. The van der Waals surface area contributed by atoms with E-state index in [1.54, 1.807) is 19.9 Å². The van der Waals surface area contributed by atoms with Crippen LogP contribution >= 0.6 is 0 Å². The molecule has 1 amide bonds. The van der Waals surface area contributed by atoms with Crippen molar-refractivity contribution in [1.29, 1.82) is 0 Å². The Morgan fingerprint density at radius 1 is 1.50 bits per heavy atom. The van der Waals surface area contributed by atoms with Gasteiger partial charge in [0.2, 0.25) is 0 Å². The van der Waals surface area contributed by atoms with Gasteiger partial charge in [-0.15, -0.1) is 0 Å². The standard InChI is InChI=1S/C12H15N3O3/c1-8-13-5-3-9(14-8)10(16)15-6-4-12(2,7-15)11(17)18/h3,5H,4,6-7H2,1-2H3,(H,17,18)/t12-/m0/s1. The molecule has 2 heterocycles. The number of aliphatic carboxylic acids is 1. The first-order valence-electron chi connectivity index (χ1n) is 5.75. The Morgan fingerprint density at radius 2 is 2.22 bits per heavy atom. The highest BCUT2D eigenvalue weighted by Gasteiger charge is 2.42. The number of hydrogen-bond acceptors (Lipinski definition) is 4. The van der Waals surface area contributed by atoms with Crippen molar-refractivity contribution in [2.75, 3.05) is 13.1 Å². The molecule has 1 aliphatic heterocycles. The van der Waals surface area contributed by atoms with E-state index in [1.807, 2.05) is 0 Å². The number of carboxylic acids is 1.